The second-order valence-corrected chi connectivity index (χ2v) is 5.97. The van der Waals surface area contributed by atoms with Crippen LogP contribution < -0.4 is 0 Å². The SMILES string of the molecule is CC(C)C1(CN2CC3CC3C2)CC1. The first-order valence-corrected chi connectivity index (χ1v) is 5.92. The van der Waals surface area contributed by atoms with E-state index >= 15 is 0 Å². The maximum atomic E-state index is 2.74. The van der Waals surface area contributed by atoms with Crippen LogP contribution in [0.1, 0.15) is 33.1 Å². The van der Waals surface area contributed by atoms with Crippen LogP contribution in [0.5, 0.6) is 0 Å². The molecule has 0 aromatic rings. The molecule has 0 aromatic carbocycles. The fraction of sp³-hybridized carbons (Fsp3) is 1.00. The fourth-order valence-electron chi connectivity index (χ4n) is 3.15. The van der Waals surface area contributed by atoms with Crippen molar-refractivity contribution in [1.29, 1.82) is 0 Å². The van der Waals surface area contributed by atoms with Crippen LogP contribution in [-0.4, -0.2) is 24.5 Å². The maximum absolute atomic E-state index is 2.74. The van der Waals surface area contributed by atoms with Crippen molar-refractivity contribution in [2.24, 2.45) is 23.2 Å². The van der Waals surface area contributed by atoms with Gasteiger partial charge in [0.25, 0.3) is 0 Å². The van der Waals surface area contributed by atoms with E-state index in [1.807, 2.05) is 0 Å². The average Bonchev–Trinajstić information content (AvgIpc) is 2.94. The van der Waals surface area contributed by atoms with E-state index in [9.17, 15) is 0 Å². The molecule has 1 heteroatoms. The van der Waals surface area contributed by atoms with E-state index in [1.54, 1.807) is 6.42 Å². The first-order valence-electron chi connectivity index (χ1n) is 5.92. The highest BCUT2D eigenvalue weighted by Gasteiger charge is 2.51. The Labute approximate surface area is 81.5 Å². The Hall–Kier alpha value is -0.0400. The van der Waals surface area contributed by atoms with Crippen molar-refractivity contribution >= 4 is 0 Å². The molecule has 0 bridgehead atoms. The van der Waals surface area contributed by atoms with Gasteiger partial charge in [0.05, 0.1) is 0 Å². The quantitative estimate of drug-likeness (QED) is 0.643. The Morgan fingerprint density at radius 3 is 2.31 bits per heavy atom. The van der Waals surface area contributed by atoms with Gasteiger partial charge >= 0.3 is 0 Å². The summed E-state index contributed by atoms with van der Waals surface area (Å²) < 4.78 is 0. The van der Waals surface area contributed by atoms with Crippen LogP contribution >= 0.6 is 0 Å². The van der Waals surface area contributed by atoms with E-state index in [4.69, 9.17) is 0 Å². The van der Waals surface area contributed by atoms with Crippen LogP contribution in [0.15, 0.2) is 0 Å². The van der Waals surface area contributed by atoms with Crippen molar-refractivity contribution in [3.8, 4) is 0 Å². The van der Waals surface area contributed by atoms with Crippen molar-refractivity contribution in [1.82, 2.24) is 4.90 Å². The molecule has 1 aliphatic heterocycles. The van der Waals surface area contributed by atoms with Crippen molar-refractivity contribution in [3.63, 3.8) is 0 Å². The monoisotopic (exact) mass is 179 g/mol. The lowest BCUT2D eigenvalue weighted by atomic mass is 9.92. The van der Waals surface area contributed by atoms with Gasteiger partial charge in [-0.3, -0.25) is 0 Å². The summed E-state index contributed by atoms with van der Waals surface area (Å²) in [5, 5.41) is 0. The Kier molecular flexibility index (Phi) is 1.59. The molecular weight excluding hydrogens is 158 g/mol. The minimum Gasteiger partial charge on any atom is -0.302 e. The van der Waals surface area contributed by atoms with E-state index in [2.05, 4.69) is 18.7 Å². The van der Waals surface area contributed by atoms with E-state index in [0.29, 0.717) is 0 Å². The summed E-state index contributed by atoms with van der Waals surface area (Å²) in [6.45, 7) is 9.09. The van der Waals surface area contributed by atoms with Gasteiger partial charge in [0.15, 0.2) is 0 Å². The summed E-state index contributed by atoms with van der Waals surface area (Å²) in [5.41, 5.74) is 0.747. The summed E-state index contributed by atoms with van der Waals surface area (Å²) in [6.07, 6.45) is 4.54. The molecular formula is C12H21N. The van der Waals surface area contributed by atoms with Gasteiger partial charge in [-0.1, -0.05) is 13.8 Å². The summed E-state index contributed by atoms with van der Waals surface area (Å²) in [7, 11) is 0. The highest BCUT2D eigenvalue weighted by Crippen LogP contribution is 2.54. The number of rotatable bonds is 3. The largest absolute Gasteiger partial charge is 0.302 e. The number of hydrogen-bond acceptors (Lipinski definition) is 1. The van der Waals surface area contributed by atoms with E-state index in [-0.39, 0.29) is 0 Å². The molecule has 2 atom stereocenters. The predicted molar refractivity (Wildman–Crippen MR) is 54.5 cm³/mol. The summed E-state index contributed by atoms with van der Waals surface area (Å²) in [6, 6.07) is 0. The highest BCUT2D eigenvalue weighted by molar-refractivity contribution is 5.03. The minimum atomic E-state index is 0.747. The zero-order valence-corrected chi connectivity index (χ0v) is 8.92. The van der Waals surface area contributed by atoms with Crippen LogP contribution in [0, 0.1) is 23.2 Å². The van der Waals surface area contributed by atoms with Crippen LogP contribution in [0.4, 0.5) is 0 Å². The van der Waals surface area contributed by atoms with Crippen LogP contribution in [0.3, 0.4) is 0 Å². The Balaban J connectivity index is 1.57. The average molecular weight is 179 g/mol. The Morgan fingerprint density at radius 1 is 1.23 bits per heavy atom. The molecule has 3 rings (SSSR count). The number of nitrogens with zero attached hydrogens (tertiary/aromatic N) is 1. The lowest BCUT2D eigenvalue weighted by Gasteiger charge is -2.27. The molecule has 0 spiro atoms. The summed E-state index contributed by atoms with van der Waals surface area (Å²) >= 11 is 0. The lowest BCUT2D eigenvalue weighted by molar-refractivity contribution is 0.202. The third-order valence-electron chi connectivity index (χ3n) is 4.71. The topological polar surface area (TPSA) is 3.24 Å². The molecule has 0 N–H and O–H groups in total. The lowest BCUT2D eigenvalue weighted by Crippen LogP contribution is -2.32. The molecule has 2 saturated carbocycles. The first kappa shape index (κ1) is 8.28. The molecule has 1 saturated heterocycles. The minimum absolute atomic E-state index is 0.747. The zero-order valence-electron chi connectivity index (χ0n) is 8.92. The van der Waals surface area contributed by atoms with Crippen molar-refractivity contribution in [3.05, 3.63) is 0 Å². The fourth-order valence-corrected chi connectivity index (χ4v) is 3.15. The Bertz CT molecular complexity index is 207. The normalized spacial score (nSPS) is 40.8. The second-order valence-electron chi connectivity index (χ2n) is 5.97. The van der Waals surface area contributed by atoms with Crippen molar-refractivity contribution in [2.45, 2.75) is 33.1 Å². The third kappa shape index (κ3) is 1.32. The van der Waals surface area contributed by atoms with Gasteiger partial charge in [-0.25, -0.2) is 0 Å². The number of hydrogen-bond donors (Lipinski definition) is 0. The molecule has 1 heterocycles. The molecule has 2 aliphatic carbocycles. The van der Waals surface area contributed by atoms with Gasteiger partial charge < -0.3 is 4.90 Å². The van der Waals surface area contributed by atoms with Gasteiger partial charge in [0.1, 0.15) is 0 Å². The van der Waals surface area contributed by atoms with Gasteiger partial charge in [-0.15, -0.1) is 0 Å². The van der Waals surface area contributed by atoms with E-state index in [1.165, 1.54) is 32.5 Å². The number of likely N-dealkylation sites (tertiary alicyclic amines) is 1. The maximum Gasteiger partial charge on any atom is 0.00407 e. The third-order valence-corrected chi connectivity index (χ3v) is 4.71. The van der Waals surface area contributed by atoms with Gasteiger partial charge in [-0.2, -0.15) is 0 Å². The zero-order chi connectivity index (χ0) is 9.05. The van der Waals surface area contributed by atoms with Crippen LogP contribution in [0.2, 0.25) is 0 Å². The molecule has 3 fully saturated rings. The van der Waals surface area contributed by atoms with E-state index in [0.717, 1.165) is 23.2 Å². The number of piperidine rings is 1. The molecule has 2 unspecified atom stereocenters. The number of fused-ring (bicyclic) bond motifs is 1. The van der Waals surface area contributed by atoms with E-state index < -0.39 is 0 Å². The Morgan fingerprint density at radius 2 is 1.85 bits per heavy atom. The predicted octanol–water partition coefficient (Wildman–Crippen LogP) is 2.37. The molecule has 74 valence electrons. The molecule has 3 aliphatic rings. The standard InChI is InChI=1S/C12H21N/c1-9(2)12(3-4-12)8-13-6-10-5-11(10)7-13/h9-11H,3-8H2,1-2H3. The molecule has 13 heavy (non-hydrogen) atoms. The van der Waals surface area contributed by atoms with Crippen LogP contribution in [0.25, 0.3) is 0 Å². The highest BCUT2D eigenvalue weighted by atomic mass is 15.2. The second kappa shape index (κ2) is 2.50. The summed E-state index contributed by atoms with van der Waals surface area (Å²) in [4.78, 5) is 2.74. The molecule has 0 aromatic heterocycles. The van der Waals surface area contributed by atoms with Gasteiger partial charge in [0, 0.05) is 19.6 Å². The first-order chi connectivity index (χ1) is 6.20. The molecule has 1 nitrogen and oxygen atoms in total. The van der Waals surface area contributed by atoms with Gasteiger partial charge in [-0.05, 0) is 42.4 Å². The smallest absolute Gasteiger partial charge is 0.00407 e. The molecule has 0 amide bonds. The van der Waals surface area contributed by atoms with Crippen molar-refractivity contribution in [2.75, 3.05) is 19.6 Å². The van der Waals surface area contributed by atoms with Crippen molar-refractivity contribution < 1.29 is 0 Å². The molecule has 0 radical (unpaired) electrons. The van der Waals surface area contributed by atoms with Gasteiger partial charge in [0.2, 0.25) is 0 Å². The summed E-state index contributed by atoms with van der Waals surface area (Å²) in [5.74, 6) is 3.13. The van der Waals surface area contributed by atoms with Crippen LogP contribution in [-0.2, 0) is 0 Å².